The molecule has 1 saturated heterocycles. The summed E-state index contributed by atoms with van der Waals surface area (Å²) in [6, 6.07) is 10.2. The number of aliphatic hydroxyl groups excluding tert-OH is 1. The first-order valence-corrected chi connectivity index (χ1v) is 7.00. The second kappa shape index (κ2) is 6.72. The van der Waals surface area contributed by atoms with E-state index in [0.717, 1.165) is 6.54 Å². The van der Waals surface area contributed by atoms with Gasteiger partial charge in [-0.25, -0.2) is 4.79 Å². The summed E-state index contributed by atoms with van der Waals surface area (Å²) in [5.41, 5.74) is 1.21. The summed E-state index contributed by atoms with van der Waals surface area (Å²) >= 11 is 0. The third kappa shape index (κ3) is 3.49. The van der Waals surface area contributed by atoms with Gasteiger partial charge in [0, 0.05) is 38.3 Å². The van der Waals surface area contributed by atoms with Gasteiger partial charge in [0.15, 0.2) is 0 Å². The summed E-state index contributed by atoms with van der Waals surface area (Å²) < 4.78 is 0. The van der Waals surface area contributed by atoms with Crippen molar-refractivity contribution in [2.75, 3.05) is 19.7 Å². The molecule has 0 radical (unpaired) electrons. The van der Waals surface area contributed by atoms with E-state index in [-0.39, 0.29) is 18.7 Å². The molecule has 1 aliphatic heterocycles. The maximum Gasteiger partial charge on any atom is 0.407 e. The van der Waals surface area contributed by atoms with E-state index in [0.29, 0.717) is 19.5 Å². The van der Waals surface area contributed by atoms with E-state index in [4.69, 9.17) is 0 Å². The minimum Gasteiger partial charge on any atom is -0.465 e. The van der Waals surface area contributed by atoms with Crippen molar-refractivity contribution in [1.82, 2.24) is 9.80 Å². The molecule has 1 aromatic rings. The summed E-state index contributed by atoms with van der Waals surface area (Å²) in [6.45, 7) is 3.97. The van der Waals surface area contributed by atoms with Crippen LogP contribution in [0.2, 0.25) is 0 Å². The molecular formula is C15H22N2O3. The van der Waals surface area contributed by atoms with E-state index in [2.05, 4.69) is 17.0 Å². The van der Waals surface area contributed by atoms with Crippen molar-refractivity contribution in [3.63, 3.8) is 0 Å². The van der Waals surface area contributed by atoms with Crippen molar-refractivity contribution in [2.24, 2.45) is 0 Å². The molecule has 0 spiro atoms. The standard InChI is InChI=1S/C15H22N2O3/c1-12-9-16(10-13-5-3-2-4-6-13)14(7-8-18)11-17(12)15(19)20/h2-6,12,14,18H,7-11H2,1H3,(H,19,20)/t12-,14-/m0/s1. The van der Waals surface area contributed by atoms with Crippen LogP contribution >= 0.6 is 0 Å². The first-order chi connectivity index (χ1) is 9.61. The van der Waals surface area contributed by atoms with Crippen molar-refractivity contribution >= 4 is 6.09 Å². The van der Waals surface area contributed by atoms with Gasteiger partial charge in [-0.15, -0.1) is 0 Å². The number of hydrogen-bond acceptors (Lipinski definition) is 3. The molecule has 2 N–H and O–H groups in total. The van der Waals surface area contributed by atoms with Gasteiger partial charge < -0.3 is 15.1 Å². The zero-order valence-electron chi connectivity index (χ0n) is 11.8. The molecular weight excluding hydrogens is 256 g/mol. The second-order valence-corrected chi connectivity index (χ2v) is 5.37. The Hall–Kier alpha value is -1.59. The maximum absolute atomic E-state index is 11.2. The molecule has 110 valence electrons. The average Bonchev–Trinajstić information content (AvgIpc) is 2.42. The Labute approximate surface area is 119 Å². The van der Waals surface area contributed by atoms with Gasteiger partial charge in [-0.1, -0.05) is 30.3 Å². The molecule has 1 aromatic carbocycles. The molecule has 0 aromatic heterocycles. The molecule has 0 saturated carbocycles. The summed E-state index contributed by atoms with van der Waals surface area (Å²) in [5.74, 6) is 0. The SMILES string of the molecule is C[C@H]1CN(Cc2ccccc2)[C@@H](CCO)CN1C(=O)O. The molecule has 20 heavy (non-hydrogen) atoms. The summed E-state index contributed by atoms with van der Waals surface area (Å²) in [4.78, 5) is 15.0. The first-order valence-electron chi connectivity index (χ1n) is 7.00. The largest absolute Gasteiger partial charge is 0.465 e. The molecule has 1 heterocycles. The van der Waals surface area contributed by atoms with E-state index in [1.165, 1.54) is 10.5 Å². The fraction of sp³-hybridized carbons (Fsp3) is 0.533. The molecule has 1 aliphatic rings. The van der Waals surface area contributed by atoms with Gasteiger partial charge in [0.2, 0.25) is 0 Å². The van der Waals surface area contributed by atoms with Gasteiger partial charge in [0.05, 0.1) is 0 Å². The maximum atomic E-state index is 11.2. The van der Waals surface area contributed by atoms with E-state index in [1.807, 2.05) is 25.1 Å². The summed E-state index contributed by atoms with van der Waals surface area (Å²) in [5, 5.41) is 18.4. The van der Waals surface area contributed by atoms with Gasteiger partial charge >= 0.3 is 6.09 Å². The smallest absolute Gasteiger partial charge is 0.407 e. The Morgan fingerprint density at radius 1 is 1.30 bits per heavy atom. The first kappa shape index (κ1) is 14.8. The minimum absolute atomic E-state index is 0.0221. The number of amides is 1. The number of nitrogens with zero attached hydrogens (tertiary/aromatic N) is 2. The number of carbonyl (C=O) groups is 1. The topological polar surface area (TPSA) is 64.0 Å². The van der Waals surface area contributed by atoms with Gasteiger partial charge in [-0.3, -0.25) is 4.90 Å². The lowest BCUT2D eigenvalue weighted by Gasteiger charge is -2.44. The Kier molecular flexibility index (Phi) is 4.98. The number of benzene rings is 1. The Balaban J connectivity index is 2.08. The summed E-state index contributed by atoms with van der Waals surface area (Å²) in [7, 11) is 0. The molecule has 1 fully saturated rings. The van der Waals surface area contributed by atoms with Crippen molar-refractivity contribution in [1.29, 1.82) is 0 Å². The van der Waals surface area contributed by atoms with Crippen LogP contribution in [0.15, 0.2) is 30.3 Å². The van der Waals surface area contributed by atoms with E-state index < -0.39 is 6.09 Å². The van der Waals surface area contributed by atoms with Gasteiger partial charge in [0.25, 0.3) is 0 Å². The van der Waals surface area contributed by atoms with Crippen molar-refractivity contribution in [2.45, 2.75) is 32.0 Å². The lowest BCUT2D eigenvalue weighted by Crippen LogP contribution is -2.58. The number of aliphatic hydroxyl groups is 1. The lowest BCUT2D eigenvalue weighted by atomic mass is 10.0. The zero-order valence-corrected chi connectivity index (χ0v) is 11.8. The van der Waals surface area contributed by atoms with Crippen LogP contribution in [-0.2, 0) is 6.54 Å². The third-order valence-corrected chi connectivity index (χ3v) is 3.89. The molecule has 2 rings (SSSR count). The molecule has 2 atom stereocenters. The van der Waals surface area contributed by atoms with Crippen molar-refractivity contribution in [3.05, 3.63) is 35.9 Å². The molecule has 5 heteroatoms. The number of carboxylic acid groups (broad SMARTS) is 1. The second-order valence-electron chi connectivity index (χ2n) is 5.37. The normalized spacial score (nSPS) is 23.8. The predicted molar refractivity (Wildman–Crippen MR) is 76.5 cm³/mol. The van der Waals surface area contributed by atoms with Gasteiger partial charge in [-0.05, 0) is 18.9 Å². The van der Waals surface area contributed by atoms with Crippen LogP contribution in [-0.4, -0.2) is 57.9 Å². The Bertz CT molecular complexity index is 438. The van der Waals surface area contributed by atoms with Crippen LogP contribution in [0.1, 0.15) is 18.9 Å². The quantitative estimate of drug-likeness (QED) is 0.878. The van der Waals surface area contributed by atoms with Crippen LogP contribution < -0.4 is 0 Å². The number of piperazine rings is 1. The fourth-order valence-electron chi connectivity index (χ4n) is 2.81. The van der Waals surface area contributed by atoms with E-state index in [1.54, 1.807) is 0 Å². The van der Waals surface area contributed by atoms with Crippen LogP contribution in [0.4, 0.5) is 4.79 Å². The summed E-state index contributed by atoms with van der Waals surface area (Å²) in [6.07, 6.45) is -0.275. The van der Waals surface area contributed by atoms with Gasteiger partial charge in [-0.2, -0.15) is 0 Å². The highest BCUT2D eigenvalue weighted by Gasteiger charge is 2.33. The van der Waals surface area contributed by atoms with E-state index >= 15 is 0 Å². The number of rotatable bonds is 4. The minimum atomic E-state index is -0.875. The molecule has 0 aliphatic carbocycles. The molecule has 1 amide bonds. The predicted octanol–water partition coefficient (Wildman–Crippen LogP) is 1.62. The monoisotopic (exact) mass is 278 g/mol. The Morgan fingerprint density at radius 2 is 2.00 bits per heavy atom. The highest BCUT2D eigenvalue weighted by atomic mass is 16.4. The molecule has 5 nitrogen and oxygen atoms in total. The number of hydrogen-bond donors (Lipinski definition) is 2. The van der Waals surface area contributed by atoms with Crippen LogP contribution in [0.25, 0.3) is 0 Å². The highest BCUT2D eigenvalue weighted by Crippen LogP contribution is 2.20. The van der Waals surface area contributed by atoms with Crippen LogP contribution in [0.5, 0.6) is 0 Å². The average molecular weight is 278 g/mol. The van der Waals surface area contributed by atoms with Crippen LogP contribution in [0.3, 0.4) is 0 Å². The highest BCUT2D eigenvalue weighted by molar-refractivity contribution is 5.65. The lowest BCUT2D eigenvalue weighted by molar-refractivity contribution is 0.0239. The zero-order chi connectivity index (χ0) is 14.5. The van der Waals surface area contributed by atoms with Crippen LogP contribution in [0, 0.1) is 0 Å². The fourth-order valence-corrected chi connectivity index (χ4v) is 2.81. The van der Waals surface area contributed by atoms with E-state index in [9.17, 15) is 15.0 Å². The van der Waals surface area contributed by atoms with Gasteiger partial charge in [0.1, 0.15) is 0 Å². The van der Waals surface area contributed by atoms with Crippen molar-refractivity contribution < 1.29 is 15.0 Å². The Morgan fingerprint density at radius 3 is 2.60 bits per heavy atom. The molecule has 0 bridgehead atoms. The van der Waals surface area contributed by atoms with Crippen molar-refractivity contribution in [3.8, 4) is 0 Å². The molecule has 0 unspecified atom stereocenters. The third-order valence-electron chi connectivity index (χ3n) is 3.89.